The predicted molar refractivity (Wildman–Crippen MR) is 108 cm³/mol. The lowest BCUT2D eigenvalue weighted by atomic mass is 10.0. The van der Waals surface area contributed by atoms with E-state index >= 15 is 0 Å². The molecule has 1 aliphatic rings. The molecular formula is C22H24N2O5. The van der Waals surface area contributed by atoms with Gasteiger partial charge in [0.2, 0.25) is 5.91 Å². The SMILES string of the molecule is [2H]c1c([2H])c([2H])c(CCC(N[C@H]2CCc3ccccc3N(CC(=O)O)C2=O)C(=O)O)c([2H])c1[2H]. The summed E-state index contributed by atoms with van der Waals surface area (Å²) in [4.78, 5) is 37.6. The Morgan fingerprint density at radius 3 is 2.62 bits per heavy atom. The van der Waals surface area contributed by atoms with Crippen molar-refractivity contribution in [3.05, 3.63) is 65.6 Å². The van der Waals surface area contributed by atoms with E-state index in [1.54, 1.807) is 24.3 Å². The monoisotopic (exact) mass is 401 g/mol. The van der Waals surface area contributed by atoms with Gasteiger partial charge in [0.15, 0.2) is 0 Å². The summed E-state index contributed by atoms with van der Waals surface area (Å²) < 4.78 is 39.2. The second-order valence-corrected chi connectivity index (χ2v) is 6.74. The Morgan fingerprint density at radius 2 is 1.93 bits per heavy atom. The zero-order valence-corrected chi connectivity index (χ0v) is 15.6. The van der Waals surface area contributed by atoms with Gasteiger partial charge in [0.25, 0.3) is 0 Å². The lowest BCUT2D eigenvalue weighted by molar-refractivity contribution is -0.140. The maximum atomic E-state index is 13.2. The zero-order chi connectivity index (χ0) is 25.2. The number of anilines is 1. The zero-order valence-electron chi connectivity index (χ0n) is 20.6. The summed E-state index contributed by atoms with van der Waals surface area (Å²) in [6.07, 6.45) is 0.397. The van der Waals surface area contributed by atoms with Crippen LogP contribution in [0, 0.1) is 0 Å². The fourth-order valence-corrected chi connectivity index (χ4v) is 3.38. The number of rotatable bonds is 8. The molecule has 1 amide bonds. The van der Waals surface area contributed by atoms with Gasteiger partial charge >= 0.3 is 11.9 Å². The minimum Gasteiger partial charge on any atom is -0.480 e. The molecule has 0 spiro atoms. The number of aryl methyl sites for hydroxylation is 1. The molecule has 2 aromatic carbocycles. The summed E-state index contributed by atoms with van der Waals surface area (Å²) in [5.74, 6) is -3.05. The van der Waals surface area contributed by atoms with Crippen molar-refractivity contribution in [1.82, 2.24) is 5.32 Å². The molecule has 3 rings (SSSR count). The number of benzene rings is 2. The highest BCUT2D eigenvalue weighted by Gasteiger charge is 2.34. The van der Waals surface area contributed by atoms with E-state index in [0.717, 1.165) is 10.5 Å². The van der Waals surface area contributed by atoms with Crippen LogP contribution in [-0.4, -0.2) is 46.7 Å². The number of carbonyl (C=O) groups excluding carboxylic acids is 1. The van der Waals surface area contributed by atoms with Crippen LogP contribution in [-0.2, 0) is 27.2 Å². The van der Waals surface area contributed by atoms with Gasteiger partial charge in [-0.05, 0) is 42.9 Å². The van der Waals surface area contributed by atoms with Crippen molar-refractivity contribution in [2.24, 2.45) is 0 Å². The topological polar surface area (TPSA) is 107 Å². The van der Waals surface area contributed by atoms with Gasteiger partial charge in [-0.15, -0.1) is 0 Å². The van der Waals surface area contributed by atoms with E-state index < -0.39 is 66.7 Å². The second-order valence-electron chi connectivity index (χ2n) is 6.74. The van der Waals surface area contributed by atoms with Crippen molar-refractivity contribution in [1.29, 1.82) is 0 Å². The summed E-state index contributed by atoms with van der Waals surface area (Å²) >= 11 is 0. The lowest BCUT2D eigenvalue weighted by Crippen LogP contribution is -2.52. The van der Waals surface area contributed by atoms with Crippen molar-refractivity contribution >= 4 is 23.5 Å². The van der Waals surface area contributed by atoms with Gasteiger partial charge in [-0.3, -0.25) is 24.6 Å². The van der Waals surface area contributed by atoms with E-state index in [1.165, 1.54) is 0 Å². The van der Waals surface area contributed by atoms with Crippen molar-refractivity contribution in [3.8, 4) is 0 Å². The summed E-state index contributed by atoms with van der Waals surface area (Å²) in [5.41, 5.74) is 1.23. The Hall–Kier alpha value is -3.19. The van der Waals surface area contributed by atoms with E-state index in [1.807, 2.05) is 0 Å². The Morgan fingerprint density at radius 1 is 1.21 bits per heavy atom. The Balaban J connectivity index is 1.83. The third-order valence-corrected chi connectivity index (χ3v) is 4.78. The number of para-hydroxylation sites is 1. The van der Waals surface area contributed by atoms with E-state index in [4.69, 9.17) is 6.85 Å². The third kappa shape index (κ3) is 5.20. The van der Waals surface area contributed by atoms with E-state index in [0.29, 0.717) is 12.1 Å². The summed E-state index contributed by atoms with van der Waals surface area (Å²) in [5, 5.41) is 21.8. The van der Waals surface area contributed by atoms with Gasteiger partial charge < -0.3 is 10.2 Å². The van der Waals surface area contributed by atoms with Gasteiger partial charge in [0.05, 0.1) is 12.9 Å². The number of carbonyl (C=O) groups is 3. The molecular weight excluding hydrogens is 372 g/mol. The summed E-state index contributed by atoms with van der Waals surface area (Å²) in [6, 6.07) is 2.31. The van der Waals surface area contributed by atoms with Crippen LogP contribution in [0.4, 0.5) is 5.69 Å². The molecule has 29 heavy (non-hydrogen) atoms. The molecule has 0 saturated heterocycles. The third-order valence-electron chi connectivity index (χ3n) is 4.78. The van der Waals surface area contributed by atoms with Crippen LogP contribution in [0.25, 0.3) is 0 Å². The van der Waals surface area contributed by atoms with E-state index in [9.17, 15) is 24.6 Å². The smallest absolute Gasteiger partial charge is 0.323 e. The van der Waals surface area contributed by atoms with E-state index in [2.05, 4.69) is 5.32 Å². The Kier molecular flexibility index (Phi) is 4.75. The molecule has 1 unspecified atom stereocenters. The van der Waals surface area contributed by atoms with Crippen LogP contribution in [0.5, 0.6) is 0 Å². The number of carboxylic acids is 2. The first-order chi connectivity index (χ1) is 16.0. The van der Waals surface area contributed by atoms with Crippen molar-refractivity contribution in [2.75, 3.05) is 11.4 Å². The minimum absolute atomic E-state index is 0.00819. The van der Waals surface area contributed by atoms with E-state index in [-0.39, 0.29) is 24.8 Å². The average Bonchev–Trinajstić information content (AvgIpc) is 2.92. The van der Waals surface area contributed by atoms with Crippen LogP contribution in [0.3, 0.4) is 0 Å². The first-order valence-corrected chi connectivity index (χ1v) is 9.18. The van der Waals surface area contributed by atoms with Crippen LogP contribution in [0.1, 0.15) is 30.8 Å². The number of hydrogen-bond donors (Lipinski definition) is 3. The molecule has 1 aliphatic heterocycles. The van der Waals surface area contributed by atoms with Gasteiger partial charge in [-0.1, -0.05) is 48.4 Å². The lowest BCUT2D eigenvalue weighted by Gasteiger charge is -2.26. The largest absolute Gasteiger partial charge is 0.480 e. The fraction of sp³-hybridized carbons (Fsp3) is 0.318. The molecule has 2 aromatic rings. The number of amides is 1. The Bertz CT molecular complexity index is 1110. The molecule has 0 aliphatic carbocycles. The van der Waals surface area contributed by atoms with Crippen molar-refractivity contribution in [3.63, 3.8) is 0 Å². The van der Waals surface area contributed by atoms with Gasteiger partial charge in [0.1, 0.15) is 12.6 Å². The summed E-state index contributed by atoms with van der Waals surface area (Å²) in [6.45, 7) is -0.575. The van der Waals surface area contributed by atoms with Gasteiger partial charge in [0, 0.05) is 5.69 Å². The minimum atomic E-state index is -1.27. The number of fused-ring (bicyclic) bond motifs is 1. The maximum absolute atomic E-state index is 13.2. The second kappa shape index (κ2) is 9.34. The first-order valence-electron chi connectivity index (χ1n) is 11.7. The first kappa shape index (κ1) is 14.8. The number of aliphatic carboxylic acids is 2. The molecule has 7 nitrogen and oxygen atoms in total. The molecule has 0 bridgehead atoms. The highest BCUT2D eigenvalue weighted by Crippen LogP contribution is 2.27. The van der Waals surface area contributed by atoms with Crippen molar-refractivity contribution in [2.45, 2.75) is 37.8 Å². The standard InChI is InChI=1S/C22H24N2O5/c25-20(26)14-24-19-9-5-4-8-16(19)11-13-17(21(24)27)23-18(22(28)29)12-10-15-6-2-1-3-7-15/h1-9,17-18,23H,10-14H2,(H,25,26)(H,28,29)/t17-,18?/m0/s1/i1D,2D,3D,6D,7D. The molecule has 152 valence electrons. The normalized spacial score (nSPS) is 19.7. The average molecular weight is 401 g/mol. The maximum Gasteiger partial charge on any atom is 0.323 e. The molecule has 0 radical (unpaired) electrons. The molecule has 0 fully saturated rings. The van der Waals surface area contributed by atoms with Gasteiger partial charge in [-0.25, -0.2) is 0 Å². The number of carboxylic acid groups (broad SMARTS) is 2. The summed E-state index contributed by atoms with van der Waals surface area (Å²) in [7, 11) is 0. The quantitative estimate of drug-likeness (QED) is 0.625. The van der Waals surface area contributed by atoms with Gasteiger partial charge in [-0.2, -0.15) is 0 Å². The molecule has 1 heterocycles. The van der Waals surface area contributed by atoms with Crippen molar-refractivity contribution < 1.29 is 31.5 Å². The number of nitrogens with zero attached hydrogens (tertiary/aromatic N) is 1. The molecule has 2 atom stereocenters. The number of hydrogen-bond acceptors (Lipinski definition) is 4. The highest BCUT2D eigenvalue weighted by molar-refractivity contribution is 6.02. The fourth-order valence-electron chi connectivity index (χ4n) is 3.38. The Labute approximate surface area is 176 Å². The molecule has 7 heteroatoms. The molecule has 3 N–H and O–H groups in total. The van der Waals surface area contributed by atoms with Crippen LogP contribution < -0.4 is 10.2 Å². The molecule has 0 aromatic heterocycles. The van der Waals surface area contributed by atoms with Crippen LogP contribution >= 0.6 is 0 Å². The highest BCUT2D eigenvalue weighted by atomic mass is 16.4. The van der Waals surface area contributed by atoms with Crippen LogP contribution in [0.2, 0.25) is 0 Å². The van der Waals surface area contributed by atoms with Crippen LogP contribution in [0.15, 0.2) is 54.5 Å². The molecule has 0 saturated carbocycles. The predicted octanol–water partition coefficient (Wildman–Crippen LogP) is 2.09. The number of nitrogens with one attached hydrogen (secondary N) is 1.